The molecular formula is C18H24N4OS. The molecule has 0 bridgehead atoms. The fourth-order valence-electron chi connectivity index (χ4n) is 3.28. The summed E-state index contributed by atoms with van der Waals surface area (Å²) in [6.07, 6.45) is 5.57. The number of piperidine rings is 1. The van der Waals surface area contributed by atoms with E-state index in [-0.39, 0.29) is 11.2 Å². The Hall–Kier alpha value is -1.82. The second-order valence-electron chi connectivity index (χ2n) is 6.26. The number of anilines is 1. The van der Waals surface area contributed by atoms with Gasteiger partial charge in [-0.25, -0.2) is 9.97 Å². The zero-order valence-electron chi connectivity index (χ0n) is 14.5. The third kappa shape index (κ3) is 3.34. The van der Waals surface area contributed by atoms with Gasteiger partial charge >= 0.3 is 0 Å². The molecule has 24 heavy (non-hydrogen) atoms. The molecule has 0 N–H and O–H groups in total. The number of carbonyl (C=O) groups is 1. The van der Waals surface area contributed by atoms with Crippen LogP contribution in [0.1, 0.15) is 19.8 Å². The van der Waals surface area contributed by atoms with Crippen molar-refractivity contribution in [3.05, 3.63) is 30.6 Å². The van der Waals surface area contributed by atoms with Gasteiger partial charge in [-0.1, -0.05) is 12.1 Å². The van der Waals surface area contributed by atoms with Gasteiger partial charge in [0.05, 0.1) is 10.8 Å². The van der Waals surface area contributed by atoms with Crippen molar-refractivity contribution in [3.8, 4) is 0 Å². The molecule has 0 saturated carbocycles. The Morgan fingerprint density at radius 2 is 2.00 bits per heavy atom. The topological polar surface area (TPSA) is 49.3 Å². The molecule has 1 atom stereocenters. The van der Waals surface area contributed by atoms with Gasteiger partial charge in [0, 0.05) is 31.6 Å². The third-order valence-corrected chi connectivity index (χ3v) is 5.79. The second kappa shape index (κ2) is 7.38. The van der Waals surface area contributed by atoms with Crippen LogP contribution in [0.15, 0.2) is 30.6 Å². The van der Waals surface area contributed by atoms with Crippen molar-refractivity contribution in [1.29, 1.82) is 0 Å². The maximum atomic E-state index is 12.4. The molecule has 3 rings (SSSR count). The second-order valence-corrected chi connectivity index (χ2v) is 7.44. The smallest absolute Gasteiger partial charge is 0.235 e. The Bertz CT molecular complexity index is 710. The zero-order chi connectivity index (χ0) is 17.1. The number of rotatable bonds is 4. The fraction of sp³-hybridized carbons (Fsp3) is 0.500. The largest absolute Gasteiger partial charge is 0.356 e. The van der Waals surface area contributed by atoms with Gasteiger partial charge in [0.1, 0.15) is 12.1 Å². The highest BCUT2D eigenvalue weighted by atomic mass is 32.2. The number of hydrogen-bond donors (Lipinski definition) is 0. The van der Waals surface area contributed by atoms with Gasteiger partial charge in [-0.3, -0.25) is 4.79 Å². The van der Waals surface area contributed by atoms with Crippen molar-refractivity contribution in [2.75, 3.05) is 31.3 Å². The van der Waals surface area contributed by atoms with Crippen molar-refractivity contribution in [3.63, 3.8) is 0 Å². The minimum absolute atomic E-state index is 0.0267. The normalized spacial score (nSPS) is 17.0. The molecule has 1 amide bonds. The van der Waals surface area contributed by atoms with E-state index in [2.05, 4.69) is 20.9 Å². The highest BCUT2D eigenvalue weighted by Crippen LogP contribution is 2.27. The van der Waals surface area contributed by atoms with Crippen molar-refractivity contribution in [2.45, 2.75) is 31.1 Å². The predicted octanol–water partition coefficient (Wildman–Crippen LogP) is 2.81. The van der Waals surface area contributed by atoms with Gasteiger partial charge in [-0.2, -0.15) is 11.8 Å². The number of nitrogens with zero attached hydrogens (tertiary/aromatic N) is 4. The van der Waals surface area contributed by atoms with E-state index >= 15 is 0 Å². The van der Waals surface area contributed by atoms with E-state index in [0.29, 0.717) is 6.04 Å². The Morgan fingerprint density at radius 1 is 1.29 bits per heavy atom. The number of amides is 1. The molecule has 128 valence electrons. The predicted molar refractivity (Wildman–Crippen MR) is 101 cm³/mol. The van der Waals surface area contributed by atoms with E-state index in [1.807, 2.05) is 43.3 Å². The number of fused-ring (bicyclic) bond motifs is 1. The molecule has 0 spiro atoms. The first-order valence-corrected chi connectivity index (χ1v) is 9.64. The SMILES string of the molecule is CSC(C)C(=O)N(C)C1CCN(c2ncnc3ccccc23)CC1. The van der Waals surface area contributed by atoms with Crippen molar-refractivity contribution in [2.24, 2.45) is 0 Å². The molecule has 0 radical (unpaired) electrons. The van der Waals surface area contributed by atoms with Crippen LogP contribution in [0.4, 0.5) is 5.82 Å². The van der Waals surface area contributed by atoms with Crippen molar-refractivity contribution >= 4 is 34.4 Å². The van der Waals surface area contributed by atoms with E-state index in [0.717, 1.165) is 42.7 Å². The number of thioether (sulfide) groups is 1. The third-order valence-electron chi connectivity index (χ3n) is 4.88. The molecule has 2 aromatic rings. The van der Waals surface area contributed by atoms with E-state index in [9.17, 15) is 4.79 Å². The molecule has 2 heterocycles. The Balaban J connectivity index is 1.70. The summed E-state index contributed by atoms with van der Waals surface area (Å²) in [6.45, 7) is 3.81. The van der Waals surface area contributed by atoms with Gasteiger partial charge in [0.25, 0.3) is 0 Å². The quantitative estimate of drug-likeness (QED) is 0.854. The molecule has 1 aromatic carbocycles. The standard InChI is InChI=1S/C18H24N4OS/c1-13(24-3)18(23)21(2)14-8-10-22(11-9-14)17-15-6-4-5-7-16(15)19-12-20-17/h4-7,12-14H,8-11H2,1-3H3. The maximum absolute atomic E-state index is 12.4. The van der Waals surface area contributed by atoms with E-state index < -0.39 is 0 Å². The zero-order valence-corrected chi connectivity index (χ0v) is 15.3. The molecule has 1 saturated heterocycles. The first-order chi connectivity index (χ1) is 11.6. The molecule has 0 aliphatic carbocycles. The first kappa shape index (κ1) is 17.0. The van der Waals surface area contributed by atoms with E-state index in [1.165, 1.54) is 0 Å². The minimum atomic E-state index is 0.0267. The van der Waals surface area contributed by atoms with Gasteiger partial charge in [-0.15, -0.1) is 0 Å². The van der Waals surface area contributed by atoms with Crippen LogP contribution in [0.25, 0.3) is 10.9 Å². The average molecular weight is 344 g/mol. The molecule has 6 heteroatoms. The highest BCUT2D eigenvalue weighted by molar-refractivity contribution is 7.99. The van der Waals surface area contributed by atoms with Crippen molar-refractivity contribution in [1.82, 2.24) is 14.9 Å². The van der Waals surface area contributed by atoms with Crippen LogP contribution in [0.2, 0.25) is 0 Å². The summed E-state index contributed by atoms with van der Waals surface area (Å²) in [5, 5.41) is 1.12. The lowest BCUT2D eigenvalue weighted by Crippen LogP contribution is -2.47. The van der Waals surface area contributed by atoms with Crippen molar-refractivity contribution < 1.29 is 4.79 Å². The minimum Gasteiger partial charge on any atom is -0.356 e. The summed E-state index contributed by atoms with van der Waals surface area (Å²) >= 11 is 1.61. The number of benzene rings is 1. The van der Waals surface area contributed by atoms with Crippen LogP contribution >= 0.6 is 11.8 Å². The highest BCUT2D eigenvalue weighted by Gasteiger charge is 2.28. The number of hydrogen-bond acceptors (Lipinski definition) is 5. The summed E-state index contributed by atoms with van der Waals surface area (Å²) in [6, 6.07) is 8.43. The maximum Gasteiger partial charge on any atom is 0.235 e. The Morgan fingerprint density at radius 3 is 2.71 bits per heavy atom. The monoisotopic (exact) mass is 344 g/mol. The summed E-state index contributed by atoms with van der Waals surface area (Å²) < 4.78 is 0. The number of carbonyl (C=O) groups excluding carboxylic acids is 1. The number of aromatic nitrogens is 2. The molecule has 1 aromatic heterocycles. The first-order valence-electron chi connectivity index (χ1n) is 8.36. The lowest BCUT2D eigenvalue weighted by atomic mass is 10.0. The van der Waals surface area contributed by atoms with E-state index in [4.69, 9.17) is 0 Å². The molecule has 1 unspecified atom stereocenters. The van der Waals surface area contributed by atoms with Crippen LogP contribution in [-0.2, 0) is 4.79 Å². The van der Waals surface area contributed by atoms with Gasteiger partial charge in [0.15, 0.2) is 0 Å². The van der Waals surface area contributed by atoms with Crippen LogP contribution in [-0.4, -0.2) is 58.5 Å². The Labute approximate surface area is 147 Å². The molecule has 5 nitrogen and oxygen atoms in total. The fourth-order valence-corrected chi connectivity index (χ4v) is 3.64. The van der Waals surface area contributed by atoms with E-state index in [1.54, 1.807) is 18.1 Å². The molecule has 1 fully saturated rings. The molecule has 1 aliphatic rings. The van der Waals surface area contributed by atoms with Crippen LogP contribution in [0, 0.1) is 0 Å². The Kier molecular flexibility index (Phi) is 5.23. The summed E-state index contributed by atoms with van der Waals surface area (Å²) in [4.78, 5) is 25.5. The van der Waals surface area contributed by atoms with Crippen LogP contribution < -0.4 is 4.90 Å². The lowest BCUT2D eigenvalue weighted by molar-refractivity contribution is -0.131. The summed E-state index contributed by atoms with van der Waals surface area (Å²) in [7, 11) is 1.94. The summed E-state index contributed by atoms with van der Waals surface area (Å²) in [5.41, 5.74) is 0.978. The number of para-hydroxylation sites is 1. The van der Waals surface area contributed by atoms with Crippen LogP contribution in [0.5, 0.6) is 0 Å². The molecule has 1 aliphatic heterocycles. The van der Waals surface area contributed by atoms with Gasteiger partial charge in [-0.05, 0) is 38.2 Å². The molecular weight excluding hydrogens is 320 g/mol. The average Bonchev–Trinajstić information content (AvgIpc) is 2.66. The van der Waals surface area contributed by atoms with Gasteiger partial charge in [0.2, 0.25) is 5.91 Å². The lowest BCUT2D eigenvalue weighted by Gasteiger charge is -2.38. The van der Waals surface area contributed by atoms with Crippen LogP contribution in [0.3, 0.4) is 0 Å². The summed E-state index contributed by atoms with van der Waals surface area (Å²) in [5.74, 6) is 1.24. The van der Waals surface area contributed by atoms with Gasteiger partial charge < -0.3 is 9.80 Å².